The fourth-order valence-electron chi connectivity index (χ4n) is 2.34. The minimum Gasteiger partial charge on any atom is -0.443 e. The zero-order chi connectivity index (χ0) is 15.8. The summed E-state index contributed by atoms with van der Waals surface area (Å²) < 4.78 is 6.83. The Balaban J connectivity index is 1.76. The molecule has 4 aromatic rings. The highest BCUT2D eigenvalue weighted by molar-refractivity contribution is 5.63. The molecule has 23 heavy (non-hydrogen) atoms. The van der Waals surface area contributed by atoms with Gasteiger partial charge in [0.15, 0.2) is 17.3 Å². The van der Waals surface area contributed by atoms with Gasteiger partial charge in [-0.05, 0) is 18.6 Å². The van der Waals surface area contributed by atoms with Gasteiger partial charge in [-0.25, -0.2) is 19.5 Å². The van der Waals surface area contributed by atoms with Crippen molar-refractivity contribution in [2.75, 3.05) is 5.73 Å². The summed E-state index contributed by atoms with van der Waals surface area (Å²) in [6.45, 7) is 2.01. The van der Waals surface area contributed by atoms with Crippen LogP contribution in [0.5, 0.6) is 0 Å². The SMILES string of the molecule is Cc1cccnc1Cc1nc2c(N)nc(-c3ncco3)cn2n1. The Bertz CT molecular complexity index is 975. The van der Waals surface area contributed by atoms with Gasteiger partial charge in [0.2, 0.25) is 5.89 Å². The van der Waals surface area contributed by atoms with Crippen molar-refractivity contribution in [1.29, 1.82) is 0 Å². The average molecular weight is 307 g/mol. The van der Waals surface area contributed by atoms with Gasteiger partial charge in [0.1, 0.15) is 12.0 Å². The molecule has 0 saturated heterocycles. The highest BCUT2D eigenvalue weighted by atomic mass is 16.3. The maximum Gasteiger partial charge on any atom is 0.246 e. The molecule has 0 spiro atoms. The predicted molar refractivity (Wildman–Crippen MR) is 82.5 cm³/mol. The normalized spacial score (nSPS) is 11.2. The number of oxazole rings is 1. The van der Waals surface area contributed by atoms with Crippen LogP contribution < -0.4 is 5.73 Å². The predicted octanol–water partition coefficient (Wildman–Crippen LogP) is 1.66. The fraction of sp³-hybridized carbons (Fsp3) is 0.133. The lowest BCUT2D eigenvalue weighted by Gasteiger charge is -1.99. The zero-order valence-corrected chi connectivity index (χ0v) is 12.3. The molecule has 0 aliphatic rings. The number of nitrogens with zero attached hydrogens (tertiary/aromatic N) is 6. The smallest absolute Gasteiger partial charge is 0.246 e. The molecule has 0 fully saturated rings. The van der Waals surface area contributed by atoms with Crippen LogP contribution in [0.1, 0.15) is 17.1 Å². The van der Waals surface area contributed by atoms with Crippen molar-refractivity contribution in [1.82, 2.24) is 29.5 Å². The summed E-state index contributed by atoms with van der Waals surface area (Å²) in [6, 6.07) is 3.91. The van der Waals surface area contributed by atoms with Gasteiger partial charge < -0.3 is 10.2 Å². The minimum atomic E-state index is 0.275. The number of pyridine rings is 1. The van der Waals surface area contributed by atoms with Crippen molar-refractivity contribution < 1.29 is 4.42 Å². The molecule has 0 unspecified atom stereocenters. The fourth-order valence-corrected chi connectivity index (χ4v) is 2.34. The van der Waals surface area contributed by atoms with Gasteiger partial charge in [0, 0.05) is 6.20 Å². The standard InChI is InChI=1S/C15H13N7O/c1-9-3-2-4-17-10(9)7-12-20-14-13(16)19-11(8-22(14)21-12)15-18-5-6-23-15/h2-6,8H,7H2,1H3,(H2,16,19). The topological polar surface area (TPSA) is 108 Å². The van der Waals surface area contributed by atoms with E-state index in [9.17, 15) is 0 Å². The first-order valence-corrected chi connectivity index (χ1v) is 7.03. The summed E-state index contributed by atoms with van der Waals surface area (Å²) in [6.07, 6.45) is 7.01. The Morgan fingerprint density at radius 3 is 2.91 bits per heavy atom. The summed E-state index contributed by atoms with van der Waals surface area (Å²) >= 11 is 0. The molecule has 0 aromatic carbocycles. The molecule has 4 aromatic heterocycles. The monoisotopic (exact) mass is 307 g/mol. The molecule has 0 amide bonds. The largest absolute Gasteiger partial charge is 0.443 e. The van der Waals surface area contributed by atoms with E-state index < -0.39 is 0 Å². The molecule has 0 aliphatic carbocycles. The molecule has 2 N–H and O–H groups in total. The number of nitrogen functional groups attached to an aromatic ring is 1. The number of fused-ring (bicyclic) bond motifs is 1. The van der Waals surface area contributed by atoms with Gasteiger partial charge in [0.05, 0.1) is 24.5 Å². The van der Waals surface area contributed by atoms with E-state index in [-0.39, 0.29) is 5.82 Å². The lowest BCUT2D eigenvalue weighted by atomic mass is 10.1. The molecule has 8 heteroatoms. The molecule has 4 rings (SSSR count). The summed E-state index contributed by atoms with van der Waals surface area (Å²) in [7, 11) is 0. The van der Waals surface area contributed by atoms with Crippen LogP contribution in [-0.2, 0) is 6.42 Å². The van der Waals surface area contributed by atoms with Crippen molar-refractivity contribution >= 4 is 11.5 Å². The van der Waals surface area contributed by atoms with Crippen LogP contribution in [-0.4, -0.2) is 29.5 Å². The summed E-state index contributed by atoms with van der Waals surface area (Å²) in [5.41, 5.74) is 9.02. The van der Waals surface area contributed by atoms with Crippen molar-refractivity contribution in [2.24, 2.45) is 0 Å². The van der Waals surface area contributed by atoms with Gasteiger partial charge in [-0.3, -0.25) is 4.98 Å². The summed E-state index contributed by atoms with van der Waals surface area (Å²) in [5, 5.41) is 4.46. The second-order valence-electron chi connectivity index (χ2n) is 5.09. The van der Waals surface area contributed by atoms with Crippen LogP contribution in [0.2, 0.25) is 0 Å². The maximum atomic E-state index is 5.98. The molecule has 114 valence electrons. The molecule has 4 heterocycles. The maximum absolute atomic E-state index is 5.98. The molecular weight excluding hydrogens is 294 g/mol. The lowest BCUT2D eigenvalue weighted by molar-refractivity contribution is 0.571. The van der Waals surface area contributed by atoms with E-state index >= 15 is 0 Å². The Labute approximate surface area is 131 Å². The van der Waals surface area contributed by atoms with Crippen molar-refractivity contribution in [3.63, 3.8) is 0 Å². The Morgan fingerprint density at radius 1 is 1.22 bits per heavy atom. The average Bonchev–Trinajstić information content (AvgIpc) is 3.19. The van der Waals surface area contributed by atoms with E-state index in [2.05, 4.69) is 25.0 Å². The number of aromatic nitrogens is 6. The number of hydrogen-bond donors (Lipinski definition) is 1. The third-order valence-electron chi connectivity index (χ3n) is 3.48. The minimum absolute atomic E-state index is 0.275. The van der Waals surface area contributed by atoms with E-state index in [0.717, 1.165) is 11.3 Å². The molecule has 0 atom stereocenters. The first kappa shape index (κ1) is 13.4. The molecule has 0 bridgehead atoms. The number of nitrogens with two attached hydrogens (primary N) is 1. The quantitative estimate of drug-likeness (QED) is 0.613. The first-order chi connectivity index (χ1) is 11.2. The van der Waals surface area contributed by atoms with Crippen molar-refractivity contribution in [3.8, 4) is 11.6 Å². The zero-order valence-electron chi connectivity index (χ0n) is 12.3. The van der Waals surface area contributed by atoms with Gasteiger partial charge in [0.25, 0.3) is 0 Å². The first-order valence-electron chi connectivity index (χ1n) is 7.03. The van der Waals surface area contributed by atoms with Crippen LogP contribution in [0.25, 0.3) is 17.2 Å². The molecular formula is C15H13N7O. The van der Waals surface area contributed by atoms with E-state index in [1.165, 1.54) is 6.26 Å². The molecule has 0 saturated carbocycles. The lowest BCUT2D eigenvalue weighted by Crippen LogP contribution is -2.00. The van der Waals surface area contributed by atoms with Crippen LogP contribution in [0, 0.1) is 6.92 Å². The Kier molecular flexibility index (Phi) is 3.00. The third kappa shape index (κ3) is 2.39. The summed E-state index contributed by atoms with van der Waals surface area (Å²) in [5.74, 6) is 1.29. The molecule has 8 nitrogen and oxygen atoms in total. The number of hydrogen-bond acceptors (Lipinski definition) is 7. The van der Waals surface area contributed by atoms with E-state index in [4.69, 9.17) is 10.2 Å². The van der Waals surface area contributed by atoms with E-state index in [1.54, 1.807) is 23.1 Å². The van der Waals surface area contributed by atoms with Crippen LogP contribution >= 0.6 is 0 Å². The summed E-state index contributed by atoms with van der Waals surface area (Å²) in [4.78, 5) is 17.1. The van der Waals surface area contributed by atoms with Crippen LogP contribution in [0.3, 0.4) is 0 Å². The number of anilines is 1. The van der Waals surface area contributed by atoms with Crippen molar-refractivity contribution in [3.05, 3.63) is 54.1 Å². The number of rotatable bonds is 3. The highest BCUT2D eigenvalue weighted by Gasteiger charge is 2.14. The van der Waals surface area contributed by atoms with Gasteiger partial charge >= 0.3 is 0 Å². The van der Waals surface area contributed by atoms with Crippen molar-refractivity contribution in [2.45, 2.75) is 13.3 Å². The molecule has 0 aliphatic heterocycles. The van der Waals surface area contributed by atoms with Gasteiger partial charge in [-0.1, -0.05) is 6.07 Å². The highest BCUT2D eigenvalue weighted by Crippen LogP contribution is 2.19. The van der Waals surface area contributed by atoms with Gasteiger partial charge in [-0.15, -0.1) is 0 Å². The second kappa shape index (κ2) is 5.16. The van der Waals surface area contributed by atoms with Gasteiger partial charge in [-0.2, -0.15) is 5.10 Å². The Hall–Kier alpha value is -3.29. The molecule has 0 radical (unpaired) electrons. The Morgan fingerprint density at radius 2 is 2.13 bits per heavy atom. The number of aryl methyl sites for hydroxylation is 1. The van der Waals surface area contributed by atoms with E-state index in [0.29, 0.717) is 29.5 Å². The third-order valence-corrected chi connectivity index (χ3v) is 3.48. The van der Waals surface area contributed by atoms with Crippen LogP contribution in [0.4, 0.5) is 5.82 Å². The second-order valence-corrected chi connectivity index (χ2v) is 5.09. The van der Waals surface area contributed by atoms with Crippen LogP contribution in [0.15, 0.2) is 41.4 Å². The van der Waals surface area contributed by atoms with E-state index in [1.807, 2.05) is 19.1 Å².